The number of rotatable bonds is 6. The molecule has 0 radical (unpaired) electrons. The van der Waals surface area contributed by atoms with E-state index < -0.39 is 0 Å². The minimum atomic E-state index is 0.187. The molecule has 1 aromatic rings. The van der Waals surface area contributed by atoms with Gasteiger partial charge in [-0.3, -0.25) is 9.69 Å². The molecule has 2 atom stereocenters. The Bertz CT molecular complexity index is 569. The highest BCUT2D eigenvalue weighted by Gasteiger charge is 2.27. The summed E-state index contributed by atoms with van der Waals surface area (Å²) in [6.07, 6.45) is 4.02. The van der Waals surface area contributed by atoms with E-state index in [1.54, 1.807) is 0 Å². The van der Waals surface area contributed by atoms with Crippen molar-refractivity contribution >= 4 is 11.6 Å². The van der Waals surface area contributed by atoms with Crippen LogP contribution in [-0.2, 0) is 4.79 Å². The Labute approximate surface area is 151 Å². The van der Waals surface area contributed by atoms with Gasteiger partial charge in [-0.1, -0.05) is 18.6 Å². The zero-order valence-corrected chi connectivity index (χ0v) is 15.4. The fourth-order valence-corrected chi connectivity index (χ4v) is 4.10. The highest BCUT2D eigenvalue weighted by molar-refractivity contribution is 5.76. The molecule has 1 aliphatic carbocycles. The summed E-state index contributed by atoms with van der Waals surface area (Å²) in [5.74, 6) is 0.660. The molecule has 138 valence electrons. The Hall–Kier alpha value is -1.59. The molecule has 0 aromatic heterocycles. The molecular formula is C20H32N4O. The number of hydrogen-bond donors (Lipinski definition) is 2. The fraction of sp³-hybridized carbons (Fsp3) is 0.650. The third-order valence-corrected chi connectivity index (χ3v) is 5.70. The monoisotopic (exact) mass is 344 g/mol. The molecule has 5 nitrogen and oxygen atoms in total. The number of nitrogens with zero attached hydrogens (tertiary/aromatic N) is 2. The maximum Gasteiger partial charge on any atom is 0.221 e. The van der Waals surface area contributed by atoms with Crippen molar-refractivity contribution < 1.29 is 4.79 Å². The number of amides is 1. The largest absolute Gasteiger partial charge is 0.369 e. The predicted octanol–water partition coefficient (Wildman–Crippen LogP) is 1.75. The summed E-state index contributed by atoms with van der Waals surface area (Å²) in [7, 11) is 0. The van der Waals surface area contributed by atoms with Crippen LogP contribution in [0, 0.1) is 12.8 Å². The number of benzene rings is 1. The van der Waals surface area contributed by atoms with Crippen LogP contribution in [0.15, 0.2) is 24.3 Å². The van der Waals surface area contributed by atoms with Gasteiger partial charge >= 0.3 is 0 Å². The Morgan fingerprint density at radius 3 is 2.76 bits per heavy atom. The molecule has 2 fully saturated rings. The van der Waals surface area contributed by atoms with Gasteiger partial charge in [-0.2, -0.15) is 0 Å². The predicted molar refractivity (Wildman–Crippen MR) is 103 cm³/mol. The third-order valence-electron chi connectivity index (χ3n) is 5.70. The van der Waals surface area contributed by atoms with E-state index in [-0.39, 0.29) is 5.91 Å². The lowest BCUT2D eigenvalue weighted by atomic mass is 10.0. The summed E-state index contributed by atoms with van der Waals surface area (Å²) in [5.41, 5.74) is 8.41. The van der Waals surface area contributed by atoms with Crippen LogP contribution in [0.25, 0.3) is 0 Å². The lowest BCUT2D eigenvalue weighted by Crippen LogP contribution is -2.48. The molecule has 1 amide bonds. The van der Waals surface area contributed by atoms with Gasteiger partial charge in [0.15, 0.2) is 0 Å². The zero-order valence-electron chi connectivity index (χ0n) is 15.4. The Kier molecular flexibility index (Phi) is 6.32. The van der Waals surface area contributed by atoms with Crippen molar-refractivity contribution in [2.45, 2.75) is 38.6 Å². The highest BCUT2D eigenvalue weighted by atomic mass is 16.1. The second-order valence-corrected chi connectivity index (χ2v) is 7.52. The van der Waals surface area contributed by atoms with Crippen LogP contribution in [0.2, 0.25) is 0 Å². The lowest BCUT2D eigenvalue weighted by molar-refractivity contribution is -0.122. The number of aryl methyl sites for hydroxylation is 1. The quantitative estimate of drug-likeness (QED) is 0.825. The molecule has 1 aliphatic heterocycles. The van der Waals surface area contributed by atoms with Crippen molar-refractivity contribution in [2.75, 3.05) is 44.2 Å². The van der Waals surface area contributed by atoms with Gasteiger partial charge in [0.2, 0.25) is 5.91 Å². The summed E-state index contributed by atoms with van der Waals surface area (Å²) in [4.78, 5) is 17.1. The van der Waals surface area contributed by atoms with Crippen molar-refractivity contribution in [3.05, 3.63) is 29.8 Å². The van der Waals surface area contributed by atoms with E-state index >= 15 is 0 Å². The van der Waals surface area contributed by atoms with Gasteiger partial charge in [0.25, 0.3) is 0 Å². The number of carbonyl (C=O) groups excluding carboxylic acids is 1. The van der Waals surface area contributed by atoms with E-state index in [1.165, 1.54) is 17.7 Å². The Morgan fingerprint density at radius 1 is 1.24 bits per heavy atom. The number of piperazine rings is 1. The number of hydrogen-bond acceptors (Lipinski definition) is 4. The molecule has 1 saturated heterocycles. The SMILES string of the molecule is Cc1cccc(N2CCN(CCC(=O)NC3CCCC3CN)CC2)c1. The summed E-state index contributed by atoms with van der Waals surface area (Å²) >= 11 is 0. The summed E-state index contributed by atoms with van der Waals surface area (Å²) in [5, 5.41) is 3.20. The average Bonchev–Trinajstić information content (AvgIpc) is 3.07. The number of carbonyl (C=O) groups is 1. The van der Waals surface area contributed by atoms with Gasteiger partial charge in [0, 0.05) is 50.9 Å². The van der Waals surface area contributed by atoms with E-state index in [0.717, 1.165) is 45.6 Å². The van der Waals surface area contributed by atoms with E-state index in [0.29, 0.717) is 24.9 Å². The van der Waals surface area contributed by atoms with E-state index in [2.05, 4.69) is 46.3 Å². The topological polar surface area (TPSA) is 61.6 Å². The van der Waals surface area contributed by atoms with Gasteiger partial charge in [0.1, 0.15) is 0 Å². The maximum atomic E-state index is 12.2. The first-order valence-electron chi connectivity index (χ1n) is 9.69. The second-order valence-electron chi connectivity index (χ2n) is 7.52. The van der Waals surface area contributed by atoms with Crippen molar-refractivity contribution in [1.29, 1.82) is 0 Å². The van der Waals surface area contributed by atoms with Crippen molar-refractivity contribution in [1.82, 2.24) is 10.2 Å². The maximum absolute atomic E-state index is 12.2. The molecule has 0 bridgehead atoms. The van der Waals surface area contributed by atoms with Crippen LogP contribution in [-0.4, -0.2) is 56.1 Å². The number of anilines is 1. The average molecular weight is 345 g/mol. The molecule has 1 saturated carbocycles. The van der Waals surface area contributed by atoms with Gasteiger partial charge in [-0.05, 0) is 49.9 Å². The van der Waals surface area contributed by atoms with Crippen LogP contribution >= 0.6 is 0 Å². The minimum Gasteiger partial charge on any atom is -0.369 e. The van der Waals surface area contributed by atoms with Gasteiger partial charge in [-0.25, -0.2) is 0 Å². The van der Waals surface area contributed by atoms with E-state index in [9.17, 15) is 4.79 Å². The molecule has 2 unspecified atom stereocenters. The van der Waals surface area contributed by atoms with E-state index in [1.807, 2.05) is 0 Å². The Morgan fingerprint density at radius 2 is 2.04 bits per heavy atom. The zero-order chi connectivity index (χ0) is 17.6. The molecule has 25 heavy (non-hydrogen) atoms. The first-order chi connectivity index (χ1) is 12.2. The van der Waals surface area contributed by atoms with Crippen molar-refractivity contribution in [3.63, 3.8) is 0 Å². The molecule has 1 heterocycles. The fourth-order valence-electron chi connectivity index (χ4n) is 4.10. The lowest BCUT2D eigenvalue weighted by Gasteiger charge is -2.36. The number of nitrogens with one attached hydrogen (secondary N) is 1. The van der Waals surface area contributed by atoms with Crippen LogP contribution in [0.1, 0.15) is 31.2 Å². The molecule has 3 rings (SSSR count). The Balaban J connectivity index is 1.38. The van der Waals surface area contributed by atoms with Gasteiger partial charge < -0.3 is 16.0 Å². The molecular weight excluding hydrogens is 312 g/mol. The summed E-state index contributed by atoms with van der Waals surface area (Å²) < 4.78 is 0. The van der Waals surface area contributed by atoms with Crippen molar-refractivity contribution in [3.8, 4) is 0 Å². The second kappa shape index (κ2) is 8.68. The molecule has 0 spiro atoms. The van der Waals surface area contributed by atoms with Crippen LogP contribution in [0.3, 0.4) is 0 Å². The third kappa shape index (κ3) is 4.95. The van der Waals surface area contributed by atoms with E-state index in [4.69, 9.17) is 5.73 Å². The molecule has 2 aliphatic rings. The smallest absolute Gasteiger partial charge is 0.221 e. The number of nitrogens with two attached hydrogens (primary N) is 1. The first-order valence-corrected chi connectivity index (χ1v) is 9.69. The summed E-state index contributed by atoms with van der Waals surface area (Å²) in [6, 6.07) is 9.00. The standard InChI is InChI=1S/C20H32N4O/c1-16-4-2-6-18(14-16)24-12-10-23(11-13-24)9-8-20(25)22-19-7-3-5-17(19)15-21/h2,4,6,14,17,19H,3,5,7-13,15,21H2,1H3,(H,22,25). The van der Waals surface area contributed by atoms with Crippen LogP contribution in [0.4, 0.5) is 5.69 Å². The first kappa shape index (κ1) is 18.2. The minimum absolute atomic E-state index is 0.187. The molecule has 1 aromatic carbocycles. The van der Waals surface area contributed by atoms with Crippen LogP contribution < -0.4 is 16.0 Å². The normalized spacial score (nSPS) is 24.5. The summed E-state index contributed by atoms with van der Waals surface area (Å²) in [6.45, 7) is 7.79. The molecule has 3 N–H and O–H groups in total. The van der Waals surface area contributed by atoms with Crippen molar-refractivity contribution in [2.24, 2.45) is 11.7 Å². The van der Waals surface area contributed by atoms with Gasteiger partial charge in [0.05, 0.1) is 0 Å². The van der Waals surface area contributed by atoms with Crippen LogP contribution in [0.5, 0.6) is 0 Å². The highest BCUT2D eigenvalue weighted by Crippen LogP contribution is 2.24. The van der Waals surface area contributed by atoms with Gasteiger partial charge in [-0.15, -0.1) is 0 Å². The molecule has 5 heteroatoms.